The van der Waals surface area contributed by atoms with Crippen molar-refractivity contribution >= 4 is 23.2 Å². The Hall–Kier alpha value is -1.33. The number of hydrogen-bond acceptors (Lipinski definition) is 4. The summed E-state index contributed by atoms with van der Waals surface area (Å²) in [5.74, 6) is 0.570. The number of halogens is 2. The van der Waals surface area contributed by atoms with E-state index in [2.05, 4.69) is 10.3 Å². The fourth-order valence-corrected chi connectivity index (χ4v) is 2.39. The second-order valence-corrected chi connectivity index (χ2v) is 5.33. The highest BCUT2D eigenvalue weighted by atomic mass is 35.5. The Morgan fingerprint density at radius 3 is 2.90 bits per heavy atom. The van der Waals surface area contributed by atoms with E-state index in [4.69, 9.17) is 27.9 Å². The van der Waals surface area contributed by atoms with Gasteiger partial charge in [-0.3, -0.25) is 0 Å². The van der Waals surface area contributed by atoms with Crippen molar-refractivity contribution in [3.05, 3.63) is 57.7 Å². The van der Waals surface area contributed by atoms with Crippen molar-refractivity contribution in [2.45, 2.75) is 12.6 Å². The van der Waals surface area contributed by atoms with Gasteiger partial charge in [0.1, 0.15) is 0 Å². The molecule has 112 valence electrons. The molecule has 1 aromatic carbocycles. The third-order valence-corrected chi connectivity index (χ3v) is 3.59. The minimum absolute atomic E-state index is 0.345. The molecule has 0 radical (unpaired) electrons. The van der Waals surface area contributed by atoms with Crippen molar-refractivity contribution in [3.63, 3.8) is 0 Å². The predicted molar refractivity (Wildman–Crippen MR) is 83.9 cm³/mol. The lowest BCUT2D eigenvalue weighted by molar-refractivity contribution is 0.174. The molecule has 4 nitrogen and oxygen atoms in total. The number of aromatic nitrogens is 1. The van der Waals surface area contributed by atoms with Gasteiger partial charge in [0.2, 0.25) is 5.88 Å². The minimum atomic E-state index is -0.737. The van der Waals surface area contributed by atoms with Gasteiger partial charge in [-0.25, -0.2) is 4.98 Å². The predicted octanol–water partition coefficient (Wildman–Crippen LogP) is 3.22. The number of nitrogens with zero attached hydrogens (tertiary/aromatic N) is 1. The first-order valence-corrected chi connectivity index (χ1v) is 7.19. The number of benzene rings is 1. The summed E-state index contributed by atoms with van der Waals surface area (Å²) in [7, 11) is 1.58. The molecular weight excluding hydrogens is 311 g/mol. The number of aliphatic hydroxyl groups is 1. The van der Waals surface area contributed by atoms with E-state index >= 15 is 0 Å². The van der Waals surface area contributed by atoms with E-state index in [1.165, 1.54) is 0 Å². The third-order valence-electron chi connectivity index (χ3n) is 3.01. The Morgan fingerprint density at radius 2 is 2.14 bits per heavy atom. The molecule has 0 saturated heterocycles. The summed E-state index contributed by atoms with van der Waals surface area (Å²) in [6.45, 7) is 0.879. The monoisotopic (exact) mass is 326 g/mol. The van der Waals surface area contributed by atoms with E-state index in [1.54, 1.807) is 31.5 Å². The van der Waals surface area contributed by atoms with E-state index in [0.29, 0.717) is 34.6 Å². The maximum absolute atomic E-state index is 10.2. The zero-order valence-corrected chi connectivity index (χ0v) is 13.0. The molecule has 21 heavy (non-hydrogen) atoms. The summed E-state index contributed by atoms with van der Waals surface area (Å²) in [5, 5.41) is 14.4. The van der Waals surface area contributed by atoms with Crippen LogP contribution >= 0.6 is 23.2 Å². The maximum atomic E-state index is 10.2. The number of aliphatic hydroxyl groups excluding tert-OH is 1. The van der Waals surface area contributed by atoms with Crippen LogP contribution in [0.2, 0.25) is 10.0 Å². The Morgan fingerprint density at radius 1 is 1.33 bits per heavy atom. The van der Waals surface area contributed by atoms with E-state index in [-0.39, 0.29) is 0 Å². The fourth-order valence-electron chi connectivity index (χ4n) is 1.97. The molecule has 0 saturated carbocycles. The van der Waals surface area contributed by atoms with Crippen molar-refractivity contribution in [3.8, 4) is 5.88 Å². The van der Waals surface area contributed by atoms with Crippen LogP contribution < -0.4 is 10.1 Å². The van der Waals surface area contributed by atoms with Gasteiger partial charge < -0.3 is 15.2 Å². The Labute approximate surface area is 133 Å². The highest BCUT2D eigenvalue weighted by molar-refractivity contribution is 6.33. The Bertz CT molecular complexity index is 608. The molecule has 1 aromatic heterocycles. The summed E-state index contributed by atoms with van der Waals surface area (Å²) in [6, 6.07) is 8.78. The summed E-state index contributed by atoms with van der Waals surface area (Å²) in [4.78, 5) is 4.12. The van der Waals surface area contributed by atoms with Gasteiger partial charge in [-0.05, 0) is 24.3 Å². The number of pyridine rings is 1. The lowest BCUT2D eigenvalue weighted by Crippen LogP contribution is -2.21. The zero-order valence-electron chi connectivity index (χ0n) is 11.5. The van der Waals surface area contributed by atoms with Gasteiger partial charge in [-0.2, -0.15) is 0 Å². The first-order chi connectivity index (χ1) is 10.1. The average molecular weight is 327 g/mol. The standard InChI is InChI=1S/C15H16Cl2N2O2/c1-21-15-10(3-2-6-19-15)8-18-9-14(20)12-7-11(16)4-5-13(12)17/h2-7,14,18,20H,8-9H2,1H3. The second-order valence-electron chi connectivity index (χ2n) is 4.48. The lowest BCUT2D eigenvalue weighted by Gasteiger charge is -2.14. The summed E-state index contributed by atoms with van der Waals surface area (Å²) in [6.07, 6.45) is 0.932. The molecule has 1 heterocycles. The van der Waals surface area contributed by atoms with Gasteiger partial charge in [-0.15, -0.1) is 0 Å². The second kappa shape index (κ2) is 7.61. The van der Waals surface area contributed by atoms with E-state index < -0.39 is 6.10 Å². The lowest BCUT2D eigenvalue weighted by atomic mass is 10.1. The first-order valence-electron chi connectivity index (χ1n) is 6.43. The van der Waals surface area contributed by atoms with Gasteiger partial charge in [-0.1, -0.05) is 29.3 Å². The molecular formula is C15H16Cl2N2O2. The SMILES string of the molecule is COc1ncccc1CNCC(O)c1cc(Cl)ccc1Cl. The highest BCUT2D eigenvalue weighted by Crippen LogP contribution is 2.26. The Kier molecular flexibility index (Phi) is 5.82. The Balaban J connectivity index is 1.95. The third kappa shape index (κ3) is 4.32. The number of ether oxygens (including phenoxy) is 1. The van der Waals surface area contributed by atoms with E-state index in [1.807, 2.05) is 12.1 Å². The molecule has 2 N–H and O–H groups in total. The van der Waals surface area contributed by atoms with E-state index in [0.717, 1.165) is 5.56 Å². The molecule has 1 unspecified atom stereocenters. The summed E-state index contributed by atoms with van der Waals surface area (Å²) < 4.78 is 5.17. The fraction of sp³-hybridized carbons (Fsp3) is 0.267. The molecule has 6 heteroatoms. The number of hydrogen-bond donors (Lipinski definition) is 2. The highest BCUT2D eigenvalue weighted by Gasteiger charge is 2.12. The average Bonchev–Trinajstić information content (AvgIpc) is 2.50. The largest absolute Gasteiger partial charge is 0.481 e. The molecule has 1 atom stereocenters. The van der Waals surface area contributed by atoms with Gasteiger partial charge in [0.15, 0.2) is 0 Å². The van der Waals surface area contributed by atoms with Crippen LogP contribution in [-0.4, -0.2) is 23.7 Å². The zero-order chi connectivity index (χ0) is 15.2. The molecule has 0 aliphatic heterocycles. The molecule has 0 amide bonds. The van der Waals surface area contributed by atoms with Crippen LogP contribution in [-0.2, 0) is 6.54 Å². The van der Waals surface area contributed by atoms with Gasteiger partial charge in [0.05, 0.1) is 13.2 Å². The van der Waals surface area contributed by atoms with Crippen LogP contribution in [0, 0.1) is 0 Å². The summed E-state index contributed by atoms with van der Waals surface area (Å²) in [5.41, 5.74) is 1.53. The number of nitrogens with one attached hydrogen (secondary N) is 1. The maximum Gasteiger partial charge on any atom is 0.217 e. The van der Waals surface area contributed by atoms with Crippen molar-refractivity contribution in [2.75, 3.05) is 13.7 Å². The van der Waals surface area contributed by atoms with Crippen molar-refractivity contribution in [1.29, 1.82) is 0 Å². The van der Waals surface area contributed by atoms with Crippen LogP contribution in [0.5, 0.6) is 5.88 Å². The molecule has 0 aliphatic carbocycles. The number of methoxy groups -OCH3 is 1. The topological polar surface area (TPSA) is 54.4 Å². The van der Waals surface area contributed by atoms with Gasteiger partial charge in [0.25, 0.3) is 0 Å². The molecule has 0 aliphatic rings. The molecule has 0 bridgehead atoms. The van der Waals surface area contributed by atoms with Crippen molar-refractivity contribution in [1.82, 2.24) is 10.3 Å². The van der Waals surface area contributed by atoms with Crippen molar-refractivity contribution in [2.24, 2.45) is 0 Å². The smallest absolute Gasteiger partial charge is 0.217 e. The van der Waals surface area contributed by atoms with Gasteiger partial charge in [0, 0.05) is 40.5 Å². The van der Waals surface area contributed by atoms with E-state index in [9.17, 15) is 5.11 Å². The van der Waals surface area contributed by atoms with Crippen LogP contribution in [0.25, 0.3) is 0 Å². The normalized spacial score (nSPS) is 12.2. The molecule has 2 rings (SSSR count). The molecule has 0 spiro atoms. The molecule has 0 fully saturated rings. The number of rotatable bonds is 6. The minimum Gasteiger partial charge on any atom is -0.481 e. The van der Waals surface area contributed by atoms with Crippen LogP contribution in [0.15, 0.2) is 36.5 Å². The van der Waals surface area contributed by atoms with Crippen LogP contribution in [0.1, 0.15) is 17.2 Å². The quantitative estimate of drug-likeness (QED) is 0.855. The van der Waals surface area contributed by atoms with Crippen LogP contribution in [0.4, 0.5) is 0 Å². The van der Waals surface area contributed by atoms with Crippen molar-refractivity contribution < 1.29 is 9.84 Å². The first kappa shape index (κ1) is 16.0. The van der Waals surface area contributed by atoms with Crippen LogP contribution in [0.3, 0.4) is 0 Å². The molecule has 2 aromatic rings. The van der Waals surface area contributed by atoms with Gasteiger partial charge >= 0.3 is 0 Å². The summed E-state index contributed by atoms with van der Waals surface area (Å²) >= 11 is 12.0.